The average molecular weight is 392 g/mol. The predicted octanol–water partition coefficient (Wildman–Crippen LogP) is 4.32. The standard InChI is InChI=1S/C21H23F3N2O2/c1-12(2)15-7-5-6-13(3)20(15)26(14(4)27)11-10-25-21(28)16-8-9-17(22)19(24)18(16)23/h5-9,12H,10-11H2,1-4H3,(H,25,28). The first-order valence-electron chi connectivity index (χ1n) is 8.94. The molecule has 0 heterocycles. The van der Waals surface area contributed by atoms with Gasteiger partial charge in [-0.1, -0.05) is 32.0 Å². The summed E-state index contributed by atoms with van der Waals surface area (Å²) in [6, 6.07) is 7.33. The van der Waals surface area contributed by atoms with Crippen LogP contribution in [-0.4, -0.2) is 24.9 Å². The van der Waals surface area contributed by atoms with Crippen LogP contribution in [0, 0.1) is 24.4 Å². The Bertz CT molecular complexity index is 897. The van der Waals surface area contributed by atoms with Crippen molar-refractivity contribution < 1.29 is 22.8 Å². The van der Waals surface area contributed by atoms with Gasteiger partial charge < -0.3 is 10.2 Å². The van der Waals surface area contributed by atoms with Gasteiger partial charge in [-0.05, 0) is 36.1 Å². The molecule has 0 unspecified atom stereocenters. The summed E-state index contributed by atoms with van der Waals surface area (Å²) >= 11 is 0. The Hall–Kier alpha value is -2.83. The van der Waals surface area contributed by atoms with E-state index in [-0.39, 0.29) is 24.9 Å². The molecule has 2 aromatic carbocycles. The number of carbonyl (C=O) groups is 2. The van der Waals surface area contributed by atoms with Crippen LogP contribution in [0.5, 0.6) is 0 Å². The molecular weight excluding hydrogens is 369 g/mol. The number of aryl methyl sites for hydroxylation is 1. The zero-order valence-electron chi connectivity index (χ0n) is 16.3. The van der Waals surface area contributed by atoms with E-state index in [9.17, 15) is 22.8 Å². The number of nitrogens with one attached hydrogen (secondary N) is 1. The molecule has 0 saturated heterocycles. The molecule has 0 radical (unpaired) electrons. The maximum atomic E-state index is 13.7. The number of para-hydroxylation sites is 1. The molecular formula is C21H23F3N2O2. The third-order valence-electron chi connectivity index (χ3n) is 4.44. The van der Waals surface area contributed by atoms with Gasteiger partial charge in [0, 0.05) is 20.0 Å². The van der Waals surface area contributed by atoms with Crippen molar-refractivity contribution in [2.75, 3.05) is 18.0 Å². The van der Waals surface area contributed by atoms with Crippen LogP contribution >= 0.6 is 0 Å². The molecule has 0 aromatic heterocycles. The Morgan fingerprint density at radius 2 is 1.75 bits per heavy atom. The number of amides is 2. The van der Waals surface area contributed by atoms with Gasteiger partial charge in [0.25, 0.3) is 5.91 Å². The highest BCUT2D eigenvalue weighted by molar-refractivity contribution is 5.95. The van der Waals surface area contributed by atoms with Crippen LogP contribution in [0.3, 0.4) is 0 Å². The predicted molar refractivity (Wildman–Crippen MR) is 102 cm³/mol. The van der Waals surface area contributed by atoms with Gasteiger partial charge in [0.15, 0.2) is 17.5 Å². The number of benzene rings is 2. The summed E-state index contributed by atoms with van der Waals surface area (Å²) < 4.78 is 40.1. The number of carbonyl (C=O) groups excluding carboxylic acids is 2. The van der Waals surface area contributed by atoms with Gasteiger partial charge in [-0.2, -0.15) is 0 Å². The Labute approximate surface area is 162 Å². The average Bonchev–Trinajstić information content (AvgIpc) is 2.63. The Morgan fingerprint density at radius 3 is 2.36 bits per heavy atom. The largest absolute Gasteiger partial charge is 0.350 e. The topological polar surface area (TPSA) is 49.4 Å². The van der Waals surface area contributed by atoms with Crippen LogP contribution in [0.25, 0.3) is 0 Å². The van der Waals surface area contributed by atoms with Crippen LogP contribution in [0.4, 0.5) is 18.9 Å². The van der Waals surface area contributed by atoms with Crippen molar-refractivity contribution in [2.45, 2.75) is 33.6 Å². The molecule has 2 rings (SSSR count). The second-order valence-corrected chi connectivity index (χ2v) is 6.82. The molecule has 0 bridgehead atoms. The molecule has 2 amide bonds. The van der Waals surface area contributed by atoms with E-state index in [0.29, 0.717) is 6.07 Å². The van der Waals surface area contributed by atoms with Gasteiger partial charge in [0.05, 0.1) is 11.3 Å². The summed E-state index contributed by atoms with van der Waals surface area (Å²) in [4.78, 5) is 25.9. The van der Waals surface area contributed by atoms with E-state index in [4.69, 9.17) is 0 Å². The van der Waals surface area contributed by atoms with E-state index in [0.717, 1.165) is 22.9 Å². The molecule has 0 aliphatic rings. The lowest BCUT2D eigenvalue weighted by Crippen LogP contribution is -2.38. The molecule has 1 N–H and O–H groups in total. The van der Waals surface area contributed by atoms with Gasteiger partial charge >= 0.3 is 0 Å². The van der Waals surface area contributed by atoms with Gasteiger partial charge in [0.2, 0.25) is 5.91 Å². The van der Waals surface area contributed by atoms with Crippen LogP contribution in [-0.2, 0) is 4.79 Å². The molecule has 0 saturated carbocycles. The highest BCUT2D eigenvalue weighted by Gasteiger charge is 2.21. The molecule has 0 aliphatic heterocycles. The lowest BCUT2D eigenvalue weighted by Gasteiger charge is -2.27. The van der Waals surface area contributed by atoms with Crippen molar-refractivity contribution >= 4 is 17.5 Å². The van der Waals surface area contributed by atoms with Crippen molar-refractivity contribution in [3.05, 3.63) is 64.5 Å². The highest BCUT2D eigenvalue weighted by atomic mass is 19.2. The fraction of sp³-hybridized carbons (Fsp3) is 0.333. The zero-order chi connectivity index (χ0) is 21.0. The number of rotatable bonds is 6. The Kier molecular flexibility index (Phi) is 6.83. The summed E-state index contributed by atoms with van der Waals surface area (Å²) in [5.74, 6) is -5.50. The minimum absolute atomic E-state index is 0.0166. The quantitative estimate of drug-likeness (QED) is 0.745. The van der Waals surface area contributed by atoms with Crippen molar-refractivity contribution in [3.63, 3.8) is 0 Å². The first kappa shape index (κ1) is 21.5. The first-order valence-corrected chi connectivity index (χ1v) is 8.94. The van der Waals surface area contributed by atoms with Gasteiger partial charge in [-0.25, -0.2) is 13.2 Å². The SMILES string of the molecule is CC(=O)N(CCNC(=O)c1ccc(F)c(F)c1F)c1c(C)cccc1C(C)C. The fourth-order valence-corrected chi connectivity index (χ4v) is 3.02. The molecule has 7 heteroatoms. The smallest absolute Gasteiger partial charge is 0.254 e. The Balaban J connectivity index is 2.17. The summed E-state index contributed by atoms with van der Waals surface area (Å²) in [6.45, 7) is 7.52. The van der Waals surface area contributed by atoms with Crippen molar-refractivity contribution in [3.8, 4) is 0 Å². The van der Waals surface area contributed by atoms with E-state index < -0.39 is 28.9 Å². The zero-order valence-corrected chi connectivity index (χ0v) is 16.3. The number of hydrogen-bond acceptors (Lipinski definition) is 2. The van der Waals surface area contributed by atoms with E-state index in [1.54, 1.807) is 4.90 Å². The van der Waals surface area contributed by atoms with Crippen molar-refractivity contribution in [1.29, 1.82) is 0 Å². The second-order valence-electron chi connectivity index (χ2n) is 6.82. The van der Waals surface area contributed by atoms with Crippen LogP contribution in [0.1, 0.15) is 48.2 Å². The van der Waals surface area contributed by atoms with Crippen molar-refractivity contribution in [1.82, 2.24) is 5.32 Å². The minimum atomic E-state index is -1.69. The number of halogens is 3. The molecule has 0 atom stereocenters. The Morgan fingerprint density at radius 1 is 1.07 bits per heavy atom. The fourth-order valence-electron chi connectivity index (χ4n) is 3.02. The van der Waals surface area contributed by atoms with E-state index in [2.05, 4.69) is 5.32 Å². The molecule has 0 spiro atoms. The van der Waals surface area contributed by atoms with Crippen LogP contribution in [0.15, 0.2) is 30.3 Å². The minimum Gasteiger partial charge on any atom is -0.350 e. The van der Waals surface area contributed by atoms with Gasteiger partial charge in [-0.15, -0.1) is 0 Å². The van der Waals surface area contributed by atoms with Crippen LogP contribution < -0.4 is 10.2 Å². The lowest BCUT2D eigenvalue weighted by atomic mass is 9.97. The van der Waals surface area contributed by atoms with Gasteiger partial charge in [0.1, 0.15) is 0 Å². The van der Waals surface area contributed by atoms with E-state index in [1.807, 2.05) is 39.0 Å². The van der Waals surface area contributed by atoms with Gasteiger partial charge in [-0.3, -0.25) is 9.59 Å². The third kappa shape index (κ3) is 4.52. The summed E-state index contributed by atoms with van der Waals surface area (Å²) in [5, 5.41) is 2.45. The molecule has 0 fully saturated rings. The highest BCUT2D eigenvalue weighted by Crippen LogP contribution is 2.31. The lowest BCUT2D eigenvalue weighted by molar-refractivity contribution is -0.116. The molecule has 150 valence electrons. The molecule has 4 nitrogen and oxygen atoms in total. The first-order chi connectivity index (χ1) is 13.1. The number of nitrogens with zero attached hydrogens (tertiary/aromatic N) is 1. The summed E-state index contributed by atoms with van der Waals surface area (Å²) in [5.41, 5.74) is 2.10. The normalized spacial score (nSPS) is 10.9. The van der Waals surface area contributed by atoms with Crippen LogP contribution in [0.2, 0.25) is 0 Å². The number of anilines is 1. The maximum Gasteiger partial charge on any atom is 0.254 e. The third-order valence-corrected chi connectivity index (χ3v) is 4.44. The molecule has 2 aromatic rings. The summed E-state index contributed by atoms with van der Waals surface area (Å²) in [6.07, 6.45) is 0. The summed E-state index contributed by atoms with van der Waals surface area (Å²) in [7, 11) is 0. The van der Waals surface area contributed by atoms with E-state index >= 15 is 0 Å². The van der Waals surface area contributed by atoms with E-state index in [1.165, 1.54) is 6.92 Å². The second kappa shape index (κ2) is 8.91. The monoisotopic (exact) mass is 392 g/mol. The number of hydrogen-bond donors (Lipinski definition) is 1. The molecule has 0 aliphatic carbocycles. The molecule has 28 heavy (non-hydrogen) atoms. The maximum absolute atomic E-state index is 13.7. The van der Waals surface area contributed by atoms with Crippen molar-refractivity contribution in [2.24, 2.45) is 0 Å².